The highest BCUT2D eigenvalue weighted by atomic mass is 16.6. The van der Waals surface area contributed by atoms with Gasteiger partial charge in [0.1, 0.15) is 19.3 Å². The van der Waals surface area contributed by atoms with Crippen LogP contribution in [0.1, 0.15) is 19.8 Å². The zero-order valence-corrected chi connectivity index (χ0v) is 11.7. The minimum Gasteiger partial charge on any atom is -0.459 e. The van der Waals surface area contributed by atoms with Crippen LogP contribution in [0.4, 0.5) is 0 Å². The molecule has 1 aliphatic heterocycles. The summed E-state index contributed by atoms with van der Waals surface area (Å²) in [4.78, 5) is 21.5. The Morgan fingerprint density at radius 3 is 2.55 bits per heavy atom. The molecule has 0 aromatic rings. The van der Waals surface area contributed by atoms with Crippen LogP contribution in [0.15, 0.2) is 36.5 Å². The lowest BCUT2D eigenvalue weighted by molar-refractivity contribution is -0.139. The monoisotopic (exact) mass is 280 g/mol. The summed E-state index contributed by atoms with van der Waals surface area (Å²) in [6.45, 7) is 9.89. The van der Waals surface area contributed by atoms with Crippen LogP contribution in [0.5, 0.6) is 0 Å². The van der Waals surface area contributed by atoms with Crippen LogP contribution in [-0.4, -0.2) is 37.9 Å². The van der Waals surface area contributed by atoms with Crippen LogP contribution >= 0.6 is 0 Å². The third-order valence-electron chi connectivity index (χ3n) is 2.55. The first-order valence-corrected chi connectivity index (χ1v) is 6.46. The van der Waals surface area contributed by atoms with E-state index in [0.29, 0.717) is 25.4 Å². The molecule has 1 fully saturated rings. The van der Waals surface area contributed by atoms with Crippen LogP contribution in [-0.2, 0) is 23.8 Å². The third kappa shape index (κ3) is 6.33. The summed E-state index contributed by atoms with van der Waals surface area (Å²) in [5.41, 5.74) is 1.24. The van der Waals surface area contributed by atoms with E-state index in [9.17, 15) is 9.59 Å². The van der Waals surface area contributed by atoms with E-state index in [1.807, 2.05) is 6.08 Å². The summed E-state index contributed by atoms with van der Waals surface area (Å²) in [6.07, 6.45) is 5.49. The first kappa shape index (κ1) is 16.2. The van der Waals surface area contributed by atoms with Gasteiger partial charge in [-0.05, 0) is 19.8 Å². The van der Waals surface area contributed by atoms with Gasteiger partial charge in [0.25, 0.3) is 0 Å². The second kappa shape index (κ2) is 8.32. The number of hydrogen-bond donors (Lipinski definition) is 0. The highest BCUT2D eigenvalue weighted by molar-refractivity contribution is 5.89. The Morgan fingerprint density at radius 1 is 1.50 bits per heavy atom. The van der Waals surface area contributed by atoms with E-state index in [1.54, 1.807) is 13.0 Å². The fraction of sp³-hybridized carbons (Fsp3) is 0.467. The fourth-order valence-electron chi connectivity index (χ4n) is 1.16. The summed E-state index contributed by atoms with van der Waals surface area (Å²) >= 11 is 0. The summed E-state index contributed by atoms with van der Waals surface area (Å²) < 4.78 is 14.4. The molecule has 0 bridgehead atoms. The van der Waals surface area contributed by atoms with Gasteiger partial charge < -0.3 is 14.2 Å². The minimum absolute atomic E-state index is 0.142. The Morgan fingerprint density at radius 2 is 2.15 bits per heavy atom. The highest BCUT2D eigenvalue weighted by Gasteiger charge is 2.24. The summed E-state index contributed by atoms with van der Waals surface area (Å²) in [5, 5.41) is 0. The highest BCUT2D eigenvalue weighted by Crippen LogP contribution is 2.18. The van der Waals surface area contributed by atoms with Gasteiger partial charge >= 0.3 is 11.9 Å². The van der Waals surface area contributed by atoms with Gasteiger partial charge in [0.05, 0.1) is 6.61 Å². The van der Waals surface area contributed by atoms with Gasteiger partial charge in [0, 0.05) is 11.1 Å². The van der Waals surface area contributed by atoms with Crippen molar-refractivity contribution in [3.05, 3.63) is 36.5 Å². The number of carbonyl (C=O) groups is 2. The quantitative estimate of drug-likeness (QED) is 0.322. The van der Waals surface area contributed by atoms with E-state index in [1.165, 1.54) is 0 Å². The Bertz CT molecular complexity index is 418. The molecule has 1 atom stereocenters. The molecule has 0 radical (unpaired) electrons. The molecule has 1 aliphatic carbocycles. The SMILES string of the molecule is C=C(C)C(=O)OCC1CO1.C=CCOC(=O)C1=CCC1. The standard InChI is InChI=1S/C8H10O2.C7H10O3/c1-2-6-10-8(9)7-4-3-5-7;1-5(2)7(8)10-4-6-3-9-6/h2,4H,1,3,5-6H2;6H,1,3-4H2,2H3. The molecule has 0 amide bonds. The first-order chi connectivity index (χ1) is 9.54. The largest absolute Gasteiger partial charge is 0.459 e. The zero-order chi connectivity index (χ0) is 15.0. The van der Waals surface area contributed by atoms with Gasteiger partial charge in [0.15, 0.2) is 0 Å². The number of hydrogen-bond acceptors (Lipinski definition) is 5. The molecule has 110 valence electrons. The number of rotatable bonds is 6. The maximum atomic E-state index is 10.8. The van der Waals surface area contributed by atoms with Crippen molar-refractivity contribution in [3.8, 4) is 0 Å². The van der Waals surface area contributed by atoms with Crippen molar-refractivity contribution in [1.82, 2.24) is 0 Å². The Balaban J connectivity index is 0.000000200. The van der Waals surface area contributed by atoms with E-state index >= 15 is 0 Å². The molecule has 1 unspecified atom stereocenters. The third-order valence-corrected chi connectivity index (χ3v) is 2.55. The maximum absolute atomic E-state index is 10.8. The van der Waals surface area contributed by atoms with Crippen LogP contribution in [0.2, 0.25) is 0 Å². The molecular formula is C15H20O5. The lowest BCUT2D eigenvalue weighted by Crippen LogP contribution is -2.11. The van der Waals surface area contributed by atoms with E-state index in [2.05, 4.69) is 13.2 Å². The maximum Gasteiger partial charge on any atom is 0.333 e. The van der Waals surface area contributed by atoms with Crippen molar-refractivity contribution in [1.29, 1.82) is 0 Å². The molecule has 0 saturated carbocycles. The van der Waals surface area contributed by atoms with E-state index < -0.39 is 0 Å². The molecule has 2 rings (SSSR count). The molecule has 5 nitrogen and oxygen atoms in total. The smallest absolute Gasteiger partial charge is 0.333 e. The lowest BCUT2D eigenvalue weighted by Gasteiger charge is -2.11. The number of epoxide rings is 1. The number of esters is 2. The van der Waals surface area contributed by atoms with Crippen LogP contribution in [0, 0.1) is 0 Å². The van der Waals surface area contributed by atoms with Crippen molar-refractivity contribution in [2.24, 2.45) is 0 Å². The van der Waals surface area contributed by atoms with Crippen molar-refractivity contribution in [3.63, 3.8) is 0 Å². The topological polar surface area (TPSA) is 65.1 Å². The van der Waals surface area contributed by atoms with E-state index in [0.717, 1.165) is 18.4 Å². The van der Waals surface area contributed by atoms with Crippen LogP contribution in [0.3, 0.4) is 0 Å². The fourth-order valence-corrected chi connectivity index (χ4v) is 1.16. The van der Waals surface area contributed by atoms with Crippen molar-refractivity contribution in [2.75, 3.05) is 19.8 Å². The number of ether oxygens (including phenoxy) is 3. The second-order valence-corrected chi connectivity index (χ2v) is 4.49. The van der Waals surface area contributed by atoms with Gasteiger partial charge in [-0.1, -0.05) is 25.3 Å². The van der Waals surface area contributed by atoms with Gasteiger partial charge in [-0.2, -0.15) is 0 Å². The lowest BCUT2D eigenvalue weighted by atomic mass is 10.00. The summed E-state index contributed by atoms with van der Waals surface area (Å²) in [5.74, 6) is -0.526. The average molecular weight is 280 g/mol. The van der Waals surface area contributed by atoms with Gasteiger partial charge in [-0.25, -0.2) is 9.59 Å². The van der Waals surface area contributed by atoms with Gasteiger partial charge in [-0.15, -0.1) is 0 Å². The van der Waals surface area contributed by atoms with E-state index in [4.69, 9.17) is 14.2 Å². The predicted octanol–water partition coefficient (Wildman–Crippen LogP) is 1.94. The molecule has 0 spiro atoms. The normalized spacial score (nSPS) is 18.4. The predicted molar refractivity (Wildman–Crippen MR) is 74.0 cm³/mol. The van der Waals surface area contributed by atoms with Crippen LogP contribution in [0.25, 0.3) is 0 Å². The molecule has 0 aromatic carbocycles. The average Bonchev–Trinajstić information content (AvgIpc) is 3.16. The van der Waals surface area contributed by atoms with Crippen LogP contribution < -0.4 is 0 Å². The molecule has 0 aromatic heterocycles. The van der Waals surface area contributed by atoms with E-state index in [-0.39, 0.29) is 18.0 Å². The first-order valence-electron chi connectivity index (χ1n) is 6.46. The second-order valence-electron chi connectivity index (χ2n) is 4.49. The Labute approximate surface area is 118 Å². The number of allylic oxidation sites excluding steroid dienone is 1. The van der Waals surface area contributed by atoms with Gasteiger partial charge in [0.2, 0.25) is 0 Å². The van der Waals surface area contributed by atoms with Crippen molar-refractivity contribution >= 4 is 11.9 Å². The van der Waals surface area contributed by atoms with Crippen molar-refractivity contribution in [2.45, 2.75) is 25.9 Å². The van der Waals surface area contributed by atoms with Crippen molar-refractivity contribution < 1.29 is 23.8 Å². The minimum atomic E-state index is -0.337. The van der Waals surface area contributed by atoms with Gasteiger partial charge in [-0.3, -0.25) is 0 Å². The zero-order valence-electron chi connectivity index (χ0n) is 11.7. The molecule has 2 aliphatic rings. The Kier molecular flexibility index (Phi) is 6.73. The molecule has 20 heavy (non-hydrogen) atoms. The molecular weight excluding hydrogens is 260 g/mol. The summed E-state index contributed by atoms with van der Waals surface area (Å²) in [7, 11) is 0. The Hall–Kier alpha value is -1.88. The molecule has 5 heteroatoms. The summed E-state index contributed by atoms with van der Waals surface area (Å²) in [6, 6.07) is 0. The molecule has 1 heterocycles. The molecule has 0 N–H and O–H groups in total. The molecule has 1 saturated heterocycles. The number of carbonyl (C=O) groups excluding carboxylic acids is 2.